The van der Waals surface area contributed by atoms with Gasteiger partial charge < -0.3 is 25.1 Å². The third-order valence-corrected chi connectivity index (χ3v) is 3.98. The monoisotopic (exact) mass is 415 g/mol. The van der Waals surface area contributed by atoms with Crippen molar-refractivity contribution in [1.82, 2.24) is 5.32 Å². The minimum Gasteiger partial charge on any atom is -0.467 e. The molecule has 30 heavy (non-hydrogen) atoms. The summed E-state index contributed by atoms with van der Waals surface area (Å²) in [6.07, 6.45) is 1.52. The highest BCUT2D eigenvalue weighted by Crippen LogP contribution is 2.18. The van der Waals surface area contributed by atoms with Gasteiger partial charge in [-0.2, -0.15) is 8.78 Å². The fourth-order valence-electron chi connectivity index (χ4n) is 2.61. The second kappa shape index (κ2) is 10.1. The normalized spacial score (nSPS) is 10.5. The Morgan fingerprint density at radius 2 is 1.77 bits per heavy atom. The smallest absolute Gasteiger partial charge is 0.387 e. The van der Waals surface area contributed by atoms with Gasteiger partial charge in [0.15, 0.2) is 0 Å². The number of para-hydroxylation sites is 1. The van der Waals surface area contributed by atoms with E-state index in [1.54, 1.807) is 36.4 Å². The first-order valence-electron chi connectivity index (χ1n) is 8.99. The number of alkyl halides is 2. The number of benzene rings is 2. The van der Waals surface area contributed by atoms with E-state index >= 15 is 0 Å². The Morgan fingerprint density at radius 3 is 2.47 bits per heavy atom. The number of hydrogen-bond donors (Lipinski definition) is 3. The van der Waals surface area contributed by atoms with Crippen molar-refractivity contribution in [3.05, 3.63) is 78.3 Å². The van der Waals surface area contributed by atoms with Gasteiger partial charge in [-0.1, -0.05) is 12.1 Å². The van der Waals surface area contributed by atoms with Crippen molar-refractivity contribution < 1.29 is 27.5 Å². The summed E-state index contributed by atoms with van der Waals surface area (Å²) >= 11 is 0. The van der Waals surface area contributed by atoms with Gasteiger partial charge in [0.05, 0.1) is 24.9 Å². The number of rotatable bonds is 9. The third-order valence-electron chi connectivity index (χ3n) is 3.98. The van der Waals surface area contributed by atoms with E-state index in [0.29, 0.717) is 22.7 Å². The van der Waals surface area contributed by atoms with Crippen LogP contribution in [0.1, 0.15) is 16.1 Å². The molecule has 0 radical (unpaired) electrons. The molecule has 0 bridgehead atoms. The molecule has 0 unspecified atom stereocenters. The summed E-state index contributed by atoms with van der Waals surface area (Å²) in [6.45, 7) is -2.77. The molecule has 9 heteroatoms. The second-order valence-corrected chi connectivity index (χ2v) is 6.11. The van der Waals surface area contributed by atoms with Crippen molar-refractivity contribution in [3.63, 3.8) is 0 Å². The standard InChI is InChI=1S/C21H19F2N3O4/c22-21(23)30-15-9-7-14(8-10-15)26-19(27)13-24-18-6-2-1-5-17(18)20(28)25-12-16-4-3-11-29-16/h1-11,21,24H,12-13H2,(H,25,28)(H,26,27). The van der Waals surface area contributed by atoms with Gasteiger partial charge in [-0.15, -0.1) is 0 Å². The number of nitrogens with one attached hydrogen (secondary N) is 3. The molecule has 156 valence electrons. The maximum Gasteiger partial charge on any atom is 0.387 e. The van der Waals surface area contributed by atoms with E-state index in [1.807, 2.05) is 0 Å². The molecule has 0 saturated carbocycles. The molecule has 0 spiro atoms. The molecule has 0 aliphatic rings. The molecule has 1 heterocycles. The lowest BCUT2D eigenvalue weighted by Crippen LogP contribution is -2.26. The summed E-state index contributed by atoms with van der Waals surface area (Å²) in [7, 11) is 0. The topological polar surface area (TPSA) is 92.6 Å². The molecular formula is C21H19F2N3O4. The highest BCUT2D eigenvalue weighted by molar-refractivity contribution is 6.00. The molecule has 0 saturated heterocycles. The van der Waals surface area contributed by atoms with E-state index in [2.05, 4.69) is 20.7 Å². The number of anilines is 2. The van der Waals surface area contributed by atoms with Crippen LogP contribution in [0.2, 0.25) is 0 Å². The first-order valence-corrected chi connectivity index (χ1v) is 8.99. The number of ether oxygens (including phenoxy) is 1. The minimum atomic E-state index is -2.91. The quantitative estimate of drug-likeness (QED) is 0.494. The predicted molar refractivity (Wildman–Crippen MR) is 107 cm³/mol. The van der Waals surface area contributed by atoms with Gasteiger partial charge in [0.2, 0.25) is 5.91 Å². The largest absolute Gasteiger partial charge is 0.467 e. The van der Waals surface area contributed by atoms with Crippen LogP contribution in [-0.4, -0.2) is 25.0 Å². The zero-order chi connectivity index (χ0) is 21.3. The first kappa shape index (κ1) is 20.8. The third kappa shape index (κ3) is 6.06. The Balaban J connectivity index is 1.53. The summed E-state index contributed by atoms with van der Waals surface area (Å²) in [5.74, 6) is -0.0680. The van der Waals surface area contributed by atoms with Crippen LogP contribution in [0.5, 0.6) is 5.75 Å². The summed E-state index contributed by atoms with van der Waals surface area (Å²) in [4.78, 5) is 24.6. The summed E-state index contributed by atoms with van der Waals surface area (Å²) < 4.78 is 33.8. The van der Waals surface area contributed by atoms with Gasteiger partial charge in [-0.3, -0.25) is 9.59 Å². The van der Waals surface area contributed by atoms with Crippen LogP contribution in [0, 0.1) is 0 Å². The lowest BCUT2D eigenvalue weighted by Gasteiger charge is -2.12. The molecule has 3 rings (SSSR count). The molecular weight excluding hydrogens is 396 g/mol. The molecule has 7 nitrogen and oxygen atoms in total. The lowest BCUT2D eigenvalue weighted by molar-refractivity contribution is -0.114. The zero-order valence-corrected chi connectivity index (χ0v) is 15.7. The molecule has 3 N–H and O–H groups in total. The molecule has 0 aliphatic heterocycles. The van der Waals surface area contributed by atoms with Gasteiger partial charge in [-0.25, -0.2) is 0 Å². The second-order valence-electron chi connectivity index (χ2n) is 6.11. The Bertz CT molecular complexity index is 976. The fraction of sp³-hybridized carbons (Fsp3) is 0.143. The van der Waals surface area contributed by atoms with Crippen molar-refractivity contribution in [2.24, 2.45) is 0 Å². The van der Waals surface area contributed by atoms with Crippen molar-refractivity contribution in [2.45, 2.75) is 13.2 Å². The average molecular weight is 415 g/mol. The molecule has 0 fully saturated rings. The fourth-order valence-corrected chi connectivity index (χ4v) is 2.61. The SMILES string of the molecule is O=C(CNc1ccccc1C(=O)NCc1ccco1)Nc1ccc(OC(F)F)cc1. The maximum absolute atomic E-state index is 12.4. The van der Waals surface area contributed by atoms with Crippen LogP contribution < -0.4 is 20.7 Å². The first-order chi connectivity index (χ1) is 14.5. The Labute approximate surface area is 171 Å². The van der Waals surface area contributed by atoms with Crippen molar-refractivity contribution >= 4 is 23.2 Å². The van der Waals surface area contributed by atoms with E-state index in [-0.39, 0.29) is 30.7 Å². The summed E-state index contributed by atoms with van der Waals surface area (Å²) in [6, 6.07) is 15.8. The van der Waals surface area contributed by atoms with E-state index in [4.69, 9.17) is 4.42 Å². The van der Waals surface area contributed by atoms with Crippen LogP contribution in [0.3, 0.4) is 0 Å². The van der Waals surface area contributed by atoms with Gasteiger partial charge in [-0.05, 0) is 48.5 Å². The molecule has 3 aromatic rings. The Kier molecular flexibility index (Phi) is 6.99. The number of carbonyl (C=O) groups excluding carboxylic acids is 2. The zero-order valence-electron chi connectivity index (χ0n) is 15.7. The van der Waals surface area contributed by atoms with Gasteiger partial charge in [0.1, 0.15) is 11.5 Å². The van der Waals surface area contributed by atoms with Gasteiger partial charge in [0.25, 0.3) is 5.91 Å². The maximum atomic E-state index is 12.4. The summed E-state index contributed by atoms with van der Waals surface area (Å²) in [5, 5.41) is 8.30. The van der Waals surface area contributed by atoms with Crippen LogP contribution in [0.25, 0.3) is 0 Å². The molecule has 0 aliphatic carbocycles. The van der Waals surface area contributed by atoms with Crippen LogP contribution in [0.4, 0.5) is 20.2 Å². The van der Waals surface area contributed by atoms with E-state index in [1.165, 1.54) is 30.5 Å². The Hall–Kier alpha value is -3.88. The molecule has 1 aromatic heterocycles. The van der Waals surface area contributed by atoms with Crippen molar-refractivity contribution in [2.75, 3.05) is 17.2 Å². The highest BCUT2D eigenvalue weighted by Gasteiger charge is 2.12. The Morgan fingerprint density at radius 1 is 1.00 bits per heavy atom. The number of halogens is 2. The van der Waals surface area contributed by atoms with Crippen molar-refractivity contribution in [3.8, 4) is 5.75 Å². The van der Waals surface area contributed by atoms with E-state index in [0.717, 1.165) is 0 Å². The molecule has 2 amide bonds. The number of amides is 2. The van der Waals surface area contributed by atoms with Crippen molar-refractivity contribution in [1.29, 1.82) is 0 Å². The van der Waals surface area contributed by atoms with Crippen LogP contribution in [-0.2, 0) is 11.3 Å². The summed E-state index contributed by atoms with van der Waals surface area (Å²) in [5.41, 5.74) is 1.29. The lowest BCUT2D eigenvalue weighted by atomic mass is 10.1. The highest BCUT2D eigenvalue weighted by atomic mass is 19.3. The number of carbonyl (C=O) groups is 2. The van der Waals surface area contributed by atoms with Gasteiger partial charge in [0, 0.05) is 11.4 Å². The molecule has 0 atom stereocenters. The van der Waals surface area contributed by atoms with Crippen LogP contribution in [0.15, 0.2) is 71.3 Å². The molecule has 2 aromatic carbocycles. The van der Waals surface area contributed by atoms with E-state index < -0.39 is 6.61 Å². The minimum absolute atomic E-state index is 0.00406. The van der Waals surface area contributed by atoms with E-state index in [9.17, 15) is 18.4 Å². The predicted octanol–water partition coefficient (Wildman–Crippen LogP) is 3.86. The number of furan rings is 1. The van der Waals surface area contributed by atoms with Crippen LogP contribution >= 0.6 is 0 Å². The number of hydrogen-bond acceptors (Lipinski definition) is 5. The average Bonchev–Trinajstić information content (AvgIpc) is 3.25. The van der Waals surface area contributed by atoms with Gasteiger partial charge >= 0.3 is 6.61 Å².